The SMILES string of the molecule is CC(C)(CO)CNC(=O)Nc1ccccn1. The molecule has 0 aromatic carbocycles. The van der Waals surface area contributed by atoms with Crippen LogP contribution in [0.3, 0.4) is 0 Å². The Morgan fingerprint density at radius 2 is 2.25 bits per heavy atom. The predicted molar refractivity (Wildman–Crippen MR) is 62.1 cm³/mol. The molecule has 16 heavy (non-hydrogen) atoms. The number of pyridine rings is 1. The Kier molecular flexibility index (Phi) is 4.25. The highest BCUT2D eigenvalue weighted by atomic mass is 16.3. The molecular weight excluding hydrogens is 206 g/mol. The number of anilines is 1. The molecule has 5 nitrogen and oxygen atoms in total. The quantitative estimate of drug-likeness (QED) is 0.718. The van der Waals surface area contributed by atoms with Crippen LogP contribution in [0.25, 0.3) is 0 Å². The molecule has 1 heterocycles. The van der Waals surface area contributed by atoms with Gasteiger partial charge in [-0.05, 0) is 12.1 Å². The van der Waals surface area contributed by atoms with Crippen molar-refractivity contribution in [3.8, 4) is 0 Å². The fraction of sp³-hybridized carbons (Fsp3) is 0.455. The molecule has 1 aromatic rings. The number of hydrogen-bond donors (Lipinski definition) is 3. The van der Waals surface area contributed by atoms with Crippen molar-refractivity contribution in [1.82, 2.24) is 10.3 Å². The van der Waals surface area contributed by atoms with Crippen LogP contribution in [-0.2, 0) is 0 Å². The number of rotatable bonds is 4. The van der Waals surface area contributed by atoms with Crippen LogP contribution in [0.4, 0.5) is 10.6 Å². The van der Waals surface area contributed by atoms with Crippen LogP contribution >= 0.6 is 0 Å². The molecule has 0 bridgehead atoms. The highest BCUT2D eigenvalue weighted by Crippen LogP contribution is 2.11. The third-order valence-corrected chi connectivity index (χ3v) is 2.06. The topological polar surface area (TPSA) is 74.2 Å². The maximum Gasteiger partial charge on any atom is 0.320 e. The van der Waals surface area contributed by atoms with E-state index in [0.29, 0.717) is 12.4 Å². The minimum Gasteiger partial charge on any atom is -0.396 e. The monoisotopic (exact) mass is 223 g/mol. The molecule has 0 aliphatic rings. The first kappa shape index (κ1) is 12.4. The minimum absolute atomic E-state index is 0.0247. The second-order valence-corrected chi connectivity index (χ2v) is 4.34. The molecule has 5 heteroatoms. The number of carbonyl (C=O) groups excluding carboxylic acids is 1. The zero-order chi connectivity index (χ0) is 12.0. The Balaban J connectivity index is 2.38. The molecule has 3 N–H and O–H groups in total. The number of carbonyl (C=O) groups is 1. The van der Waals surface area contributed by atoms with Crippen molar-refractivity contribution in [3.63, 3.8) is 0 Å². The molecule has 0 atom stereocenters. The van der Waals surface area contributed by atoms with E-state index in [4.69, 9.17) is 5.11 Å². The van der Waals surface area contributed by atoms with Crippen LogP contribution < -0.4 is 10.6 Å². The van der Waals surface area contributed by atoms with Crippen molar-refractivity contribution >= 4 is 11.8 Å². The first-order chi connectivity index (χ1) is 7.53. The summed E-state index contributed by atoms with van der Waals surface area (Å²) in [6.07, 6.45) is 1.60. The van der Waals surface area contributed by atoms with Crippen molar-refractivity contribution in [2.45, 2.75) is 13.8 Å². The zero-order valence-electron chi connectivity index (χ0n) is 9.53. The molecular formula is C11H17N3O2. The van der Waals surface area contributed by atoms with Crippen LogP contribution in [0.15, 0.2) is 24.4 Å². The maximum atomic E-state index is 11.4. The van der Waals surface area contributed by atoms with Gasteiger partial charge in [-0.25, -0.2) is 9.78 Å². The number of nitrogens with zero attached hydrogens (tertiary/aromatic N) is 1. The Morgan fingerprint density at radius 1 is 1.50 bits per heavy atom. The largest absolute Gasteiger partial charge is 0.396 e. The van der Waals surface area contributed by atoms with Crippen molar-refractivity contribution < 1.29 is 9.90 Å². The number of hydrogen-bond acceptors (Lipinski definition) is 3. The Hall–Kier alpha value is -1.62. The molecule has 0 aliphatic carbocycles. The second kappa shape index (κ2) is 5.46. The first-order valence-corrected chi connectivity index (χ1v) is 5.10. The third kappa shape index (κ3) is 4.27. The van der Waals surface area contributed by atoms with Gasteiger partial charge in [-0.3, -0.25) is 5.32 Å². The lowest BCUT2D eigenvalue weighted by Gasteiger charge is -2.21. The van der Waals surface area contributed by atoms with E-state index in [-0.39, 0.29) is 18.1 Å². The molecule has 0 unspecified atom stereocenters. The van der Waals surface area contributed by atoms with Crippen molar-refractivity contribution in [2.75, 3.05) is 18.5 Å². The van der Waals surface area contributed by atoms with Gasteiger partial charge in [0.1, 0.15) is 5.82 Å². The fourth-order valence-electron chi connectivity index (χ4n) is 0.973. The molecule has 0 saturated carbocycles. The molecule has 0 fully saturated rings. The van der Waals surface area contributed by atoms with Crippen LogP contribution in [0, 0.1) is 5.41 Å². The van der Waals surface area contributed by atoms with Gasteiger partial charge in [0.2, 0.25) is 0 Å². The number of aromatic nitrogens is 1. The summed E-state index contributed by atoms with van der Waals surface area (Å²) in [4.78, 5) is 15.4. The molecule has 0 spiro atoms. The van der Waals surface area contributed by atoms with Crippen LogP contribution in [0.2, 0.25) is 0 Å². The molecule has 2 amide bonds. The second-order valence-electron chi connectivity index (χ2n) is 4.34. The summed E-state index contributed by atoms with van der Waals surface area (Å²) in [5.74, 6) is 0.502. The summed E-state index contributed by atoms with van der Waals surface area (Å²) >= 11 is 0. The van der Waals surface area contributed by atoms with Gasteiger partial charge < -0.3 is 10.4 Å². The third-order valence-electron chi connectivity index (χ3n) is 2.06. The number of amides is 2. The Bertz CT molecular complexity index is 338. The van der Waals surface area contributed by atoms with E-state index < -0.39 is 0 Å². The van der Waals surface area contributed by atoms with E-state index >= 15 is 0 Å². The predicted octanol–water partition coefficient (Wildman–Crippen LogP) is 1.22. The standard InChI is InChI=1S/C11H17N3O2/c1-11(2,8-15)7-13-10(16)14-9-5-3-4-6-12-9/h3-6,15H,7-8H2,1-2H3,(H2,12,13,14,16). The Labute approximate surface area is 94.9 Å². The van der Waals surface area contributed by atoms with Crippen molar-refractivity contribution in [1.29, 1.82) is 0 Å². The molecule has 88 valence electrons. The normalized spacial score (nSPS) is 10.9. The summed E-state index contributed by atoms with van der Waals surface area (Å²) in [5.41, 5.74) is -0.318. The summed E-state index contributed by atoms with van der Waals surface area (Å²) in [7, 11) is 0. The number of aliphatic hydroxyl groups is 1. The van der Waals surface area contributed by atoms with Gasteiger partial charge in [0, 0.05) is 24.8 Å². The smallest absolute Gasteiger partial charge is 0.320 e. The lowest BCUT2D eigenvalue weighted by molar-refractivity contribution is 0.158. The van der Waals surface area contributed by atoms with E-state index in [9.17, 15) is 4.79 Å². The average molecular weight is 223 g/mol. The van der Waals surface area contributed by atoms with E-state index in [1.54, 1.807) is 24.4 Å². The van der Waals surface area contributed by atoms with Gasteiger partial charge in [-0.1, -0.05) is 19.9 Å². The van der Waals surface area contributed by atoms with Gasteiger partial charge in [0.15, 0.2) is 0 Å². The van der Waals surface area contributed by atoms with Gasteiger partial charge in [0.25, 0.3) is 0 Å². The molecule has 1 aromatic heterocycles. The maximum absolute atomic E-state index is 11.4. The van der Waals surface area contributed by atoms with Crippen molar-refractivity contribution in [2.24, 2.45) is 5.41 Å². The van der Waals surface area contributed by atoms with Crippen molar-refractivity contribution in [3.05, 3.63) is 24.4 Å². The highest BCUT2D eigenvalue weighted by Gasteiger charge is 2.17. The fourth-order valence-corrected chi connectivity index (χ4v) is 0.973. The molecule has 0 aliphatic heterocycles. The first-order valence-electron chi connectivity index (χ1n) is 5.10. The van der Waals surface area contributed by atoms with Crippen LogP contribution in [0.5, 0.6) is 0 Å². The van der Waals surface area contributed by atoms with E-state index in [2.05, 4.69) is 15.6 Å². The average Bonchev–Trinajstić information content (AvgIpc) is 2.28. The van der Waals surface area contributed by atoms with E-state index in [1.165, 1.54) is 0 Å². The van der Waals surface area contributed by atoms with Gasteiger partial charge in [-0.2, -0.15) is 0 Å². The summed E-state index contributed by atoms with van der Waals surface area (Å²) < 4.78 is 0. The van der Waals surface area contributed by atoms with E-state index in [0.717, 1.165) is 0 Å². The minimum atomic E-state index is -0.319. The van der Waals surface area contributed by atoms with Crippen LogP contribution in [-0.4, -0.2) is 29.3 Å². The molecule has 0 radical (unpaired) electrons. The summed E-state index contributed by atoms with van der Waals surface area (Å²) in [6.45, 7) is 4.17. The highest BCUT2D eigenvalue weighted by molar-refractivity contribution is 5.88. The zero-order valence-corrected chi connectivity index (χ0v) is 9.53. The number of urea groups is 1. The lowest BCUT2D eigenvalue weighted by Crippen LogP contribution is -2.38. The lowest BCUT2D eigenvalue weighted by atomic mass is 9.95. The van der Waals surface area contributed by atoms with Gasteiger partial charge >= 0.3 is 6.03 Å². The molecule has 1 rings (SSSR count). The van der Waals surface area contributed by atoms with E-state index in [1.807, 2.05) is 13.8 Å². The Morgan fingerprint density at radius 3 is 2.81 bits per heavy atom. The van der Waals surface area contributed by atoms with Gasteiger partial charge in [-0.15, -0.1) is 0 Å². The summed E-state index contributed by atoms with van der Waals surface area (Å²) in [5, 5.41) is 14.3. The summed E-state index contributed by atoms with van der Waals surface area (Å²) in [6, 6.07) is 4.95. The number of aliphatic hydroxyl groups excluding tert-OH is 1. The van der Waals surface area contributed by atoms with Gasteiger partial charge in [0.05, 0.1) is 0 Å². The van der Waals surface area contributed by atoms with Crippen LogP contribution in [0.1, 0.15) is 13.8 Å². The molecule has 0 saturated heterocycles. The number of nitrogens with one attached hydrogen (secondary N) is 2.